The van der Waals surface area contributed by atoms with E-state index in [0.717, 1.165) is 5.69 Å². The van der Waals surface area contributed by atoms with E-state index in [1.165, 1.54) is 6.07 Å². The van der Waals surface area contributed by atoms with Crippen LogP contribution in [0.3, 0.4) is 0 Å². The Morgan fingerprint density at radius 1 is 1.26 bits per heavy atom. The summed E-state index contributed by atoms with van der Waals surface area (Å²) in [5.41, 5.74) is 7.82. The van der Waals surface area contributed by atoms with Crippen LogP contribution in [0.2, 0.25) is 0 Å². The zero-order valence-electron chi connectivity index (χ0n) is 10.6. The Labute approximate surface area is 111 Å². The lowest BCUT2D eigenvalue weighted by Crippen LogP contribution is -2.18. The zero-order valence-corrected chi connectivity index (χ0v) is 10.6. The average molecular weight is 255 g/mol. The monoisotopic (exact) mass is 255 g/mol. The predicted molar refractivity (Wildman–Crippen MR) is 74.1 cm³/mol. The van der Waals surface area contributed by atoms with Gasteiger partial charge < -0.3 is 10.6 Å². The van der Waals surface area contributed by atoms with Gasteiger partial charge in [-0.05, 0) is 24.3 Å². The van der Waals surface area contributed by atoms with E-state index in [-0.39, 0.29) is 5.82 Å². The normalized spacial score (nSPS) is 9.95. The third-order valence-corrected chi connectivity index (χ3v) is 2.92. The lowest BCUT2D eigenvalue weighted by molar-refractivity contribution is 0.608. The van der Waals surface area contributed by atoms with Crippen molar-refractivity contribution < 1.29 is 4.39 Å². The highest BCUT2D eigenvalue weighted by Crippen LogP contribution is 2.21. The van der Waals surface area contributed by atoms with Crippen LogP contribution in [0.15, 0.2) is 42.5 Å². The standard InChI is InChI=1S/C15H14FN3/c1-19(15-5-3-2-4-11(15)9-17)10-12-6-7-13(18)8-14(12)16/h2-8H,10,18H2,1H3. The molecule has 0 amide bonds. The van der Waals surface area contributed by atoms with Crippen molar-refractivity contribution in [3.05, 3.63) is 59.4 Å². The number of nitriles is 1. The van der Waals surface area contributed by atoms with Crippen molar-refractivity contribution in [3.63, 3.8) is 0 Å². The molecule has 96 valence electrons. The van der Waals surface area contributed by atoms with Gasteiger partial charge in [0, 0.05) is 24.8 Å². The number of nitrogens with two attached hydrogens (primary N) is 1. The van der Waals surface area contributed by atoms with Crippen LogP contribution in [0.5, 0.6) is 0 Å². The number of nitrogen functional groups attached to an aromatic ring is 1. The van der Waals surface area contributed by atoms with E-state index in [4.69, 9.17) is 11.0 Å². The first kappa shape index (κ1) is 12.9. The molecule has 0 aliphatic carbocycles. The topological polar surface area (TPSA) is 53.0 Å². The summed E-state index contributed by atoms with van der Waals surface area (Å²) in [7, 11) is 1.83. The molecule has 2 rings (SSSR count). The summed E-state index contributed by atoms with van der Waals surface area (Å²) in [6, 6.07) is 14.0. The third-order valence-electron chi connectivity index (χ3n) is 2.92. The van der Waals surface area contributed by atoms with Gasteiger partial charge >= 0.3 is 0 Å². The second-order valence-corrected chi connectivity index (χ2v) is 4.34. The average Bonchev–Trinajstić information content (AvgIpc) is 2.41. The minimum absolute atomic E-state index is 0.332. The molecule has 0 bridgehead atoms. The summed E-state index contributed by atoms with van der Waals surface area (Å²) >= 11 is 0. The molecule has 0 fully saturated rings. The van der Waals surface area contributed by atoms with E-state index in [1.54, 1.807) is 24.3 Å². The molecule has 0 spiro atoms. The number of halogens is 1. The smallest absolute Gasteiger partial charge is 0.130 e. The first-order chi connectivity index (χ1) is 9.11. The van der Waals surface area contributed by atoms with Crippen molar-refractivity contribution in [1.29, 1.82) is 5.26 Å². The molecule has 0 aliphatic rings. The van der Waals surface area contributed by atoms with Crippen molar-refractivity contribution in [3.8, 4) is 6.07 Å². The molecule has 0 saturated heterocycles. The van der Waals surface area contributed by atoms with Gasteiger partial charge in [-0.2, -0.15) is 5.26 Å². The number of nitrogens with zero attached hydrogens (tertiary/aromatic N) is 2. The van der Waals surface area contributed by atoms with Gasteiger partial charge in [-0.15, -0.1) is 0 Å². The maximum Gasteiger partial charge on any atom is 0.130 e. The van der Waals surface area contributed by atoms with Crippen LogP contribution in [0.4, 0.5) is 15.8 Å². The summed E-state index contributed by atoms with van der Waals surface area (Å²) in [5.74, 6) is -0.332. The minimum Gasteiger partial charge on any atom is -0.399 e. The van der Waals surface area contributed by atoms with Crippen molar-refractivity contribution in [2.75, 3.05) is 17.7 Å². The van der Waals surface area contributed by atoms with Gasteiger partial charge in [0.25, 0.3) is 0 Å². The molecule has 2 aromatic carbocycles. The zero-order chi connectivity index (χ0) is 13.8. The van der Waals surface area contributed by atoms with Gasteiger partial charge in [-0.1, -0.05) is 18.2 Å². The van der Waals surface area contributed by atoms with Crippen LogP contribution in [-0.2, 0) is 6.54 Å². The number of rotatable bonds is 3. The van der Waals surface area contributed by atoms with Gasteiger partial charge in [0.2, 0.25) is 0 Å². The highest BCUT2D eigenvalue weighted by molar-refractivity contribution is 5.59. The first-order valence-corrected chi connectivity index (χ1v) is 5.86. The second kappa shape index (κ2) is 5.40. The van der Waals surface area contributed by atoms with Crippen molar-refractivity contribution in [2.45, 2.75) is 6.54 Å². The lowest BCUT2D eigenvalue weighted by atomic mass is 10.1. The van der Waals surface area contributed by atoms with E-state index in [0.29, 0.717) is 23.4 Å². The molecule has 0 atom stereocenters. The molecular formula is C15H14FN3. The predicted octanol–water partition coefficient (Wildman–Crippen LogP) is 2.92. The molecule has 0 heterocycles. The quantitative estimate of drug-likeness (QED) is 0.858. The highest BCUT2D eigenvalue weighted by atomic mass is 19.1. The molecule has 2 N–H and O–H groups in total. The number of hydrogen-bond acceptors (Lipinski definition) is 3. The second-order valence-electron chi connectivity index (χ2n) is 4.34. The molecule has 3 nitrogen and oxygen atoms in total. The van der Waals surface area contributed by atoms with Crippen LogP contribution < -0.4 is 10.6 Å². The lowest BCUT2D eigenvalue weighted by Gasteiger charge is -2.20. The Morgan fingerprint density at radius 2 is 2.00 bits per heavy atom. The summed E-state index contributed by atoms with van der Waals surface area (Å²) < 4.78 is 13.7. The van der Waals surface area contributed by atoms with E-state index in [2.05, 4.69) is 6.07 Å². The van der Waals surface area contributed by atoms with Crippen LogP contribution >= 0.6 is 0 Å². The fourth-order valence-corrected chi connectivity index (χ4v) is 1.93. The Morgan fingerprint density at radius 3 is 2.68 bits per heavy atom. The molecule has 0 saturated carbocycles. The maximum atomic E-state index is 13.7. The molecule has 0 unspecified atom stereocenters. The van der Waals surface area contributed by atoms with Gasteiger partial charge in [-0.25, -0.2) is 4.39 Å². The fraction of sp³-hybridized carbons (Fsp3) is 0.133. The first-order valence-electron chi connectivity index (χ1n) is 5.86. The number of hydrogen-bond donors (Lipinski definition) is 1. The SMILES string of the molecule is CN(Cc1ccc(N)cc1F)c1ccccc1C#N. The van der Waals surface area contributed by atoms with E-state index >= 15 is 0 Å². The molecule has 0 aromatic heterocycles. The minimum atomic E-state index is -0.332. The van der Waals surface area contributed by atoms with E-state index in [9.17, 15) is 4.39 Å². The Hall–Kier alpha value is -2.54. The van der Waals surface area contributed by atoms with Crippen molar-refractivity contribution in [2.24, 2.45) is 0 Å². The largest absolute Gasteiger partial charge is 0.399 e. The van der Waals surface area contributed by atoms with Crippen molar-refractivity contribution in [1.82, 2.24) is 0 Å². The Kier molecular flexibility index (Phi) is 3.67. The fourth-order valence-electron chi connectivity index (χ4n) is 1.93. The summed E-state index contributed by atoms with van der Waals surface area (Å²) in [6.07, 6.45) is 0. The number of para-hydroxylation sites is 1. The van der Waals surface area contributed by atoms with Gasteiger partial charge in [0.15, 0.2) is 0 Å². The third kappa shape index (κ3) is 2.83. The summed E-state index contributed by atoms with van der Waals surface area (Å²) in [5, 5.41) is 9.06. The molecule has 2 aromatic rings. The van der Waals surface area contributed by atoms with Crippen LogP contribution in [-0.4, -0.2) is 7.05 Å². The van der Waals surface area contributed by atoms with Crippen molar-refractivity contribution >= 4 is 11.4 Å². The summed E-state index contributed by atoms with van der Waals surface area (Å²) in [6.45, 7) is 0.380. The van der Waals surface area contributed by atoms with Gasteiger partial charge in [0.1, 0.15) is 11.9 Å². The summed E-state index contributed by atoms with van der Waals surface area (Å²) in [4.78, 5) is 1.84. The molecule has 19 heavy (non-hydrogen) atoms. The van der Waals surface area contributed by atoms with Crippen LogP contribution in [0.25, 0.3) is 0 Å². The molecular weight excluding hydrogens is 241 g/mol. The molecule has 0 aliphatic heterocycles. The highest BCUT2D eigenvalue weighted by Gasteiger charge is 2.10. The van der Waals surface area contributed by atoms with E-state index in [1.807, 2.05) is 24.1 Å². The van der Waals surface area contributed by atoms with Crippen LogP contribution in [0.1, 0.15) is 11.1 Å². The number of benzene rings is 2. The van der Waals surface area contributed by atoms with E-state index < -0.39 is 0 Å². The van der Waals surface area contributed by atoms with Gasteiger partial charge in [-0.3, -0.25) is 0 Å². The number of anilines is 2. The molecule has 0 radical (unpaired) electrons. The Bertz CT molecular complexity index is 632. The molecule has 4 heteroatoms. The Balaban J connectivity index is 2.26. The van der Waals surface area contributed by atoms with Gasteiger partial charge in [0.05, 0.1) is 11.3 Å². The maximum absolute atomic E-state index is 13.7. The van der Waals surface area contributed by atoms with Crippen LogP contribution in [0, 0.1) is 17.1 Å².